The van der Waals surface area contributed by atoms with Gasteiger partial charge >= 0.3 is 5.97 Å². The molecule has 20 heavy (non-hydrogen) atoms. The SMILES string of the molecule is CC1CCc2c(Cl)c(F)cc3c(=O)c(C(=O)O)cn1c23. The van der Waals surface area contributed by atoms with Gasteiger partial charge in [0, 0.05) is 17.6 Å². The van der Waals surface area contributed by atoms with Gasteiger partial charge in [0.15, 0.2) is 0 Å². The topological polar surface area (TPSA) is 59.3 Å². The summed E-state index contributed by atoms with van der Waals surface area (Å²) >= 11 is 5.97. The molecule has 3 rings (SSSR count). The van der Waals surface area contributed by atoms with Crippen molar-refractivity contribution in [3.05, 3.63) is 44.5 Å². The molecule has 1 aliphatic rings. The number of hydrogen-bond acceptors (Lipinski definition) is 2. The lowest BCUT2D eigenvalue weighted by Gasteiger charge is -2.27. The normalized spacial score (nSPS) is 17.4. The highest BCUT2D eigenvalue weighted by Crippen LogP contribution is 2.35. The van der Waals surface area contributed by atoms with Gasteiger partial charge in [-0.15, -0.1) is 0 Å². The molecule has 1 aliphatic heterocycles. The van der Waals surface area contributed by atoms with E-state index in [0.717, 1.165) is 6.07 Å². The van der Waals surface area contributed by atoms with Crippen molar-refractivity contribution in [3.8, 4) is 0 Å². The summed E-state index contributed by atoms with van der Waals surface area (Å²) < 4.78 is 15.5. The van der Waals surface area contributed by atoms with Crippen LogP contribution in [0.2, 0.25) is 5.02 Å². The van der Waals surface area contributed by atoms with E-state index in [1.165, 1.54) is 6.20 Å². The van der Waals surface area contributed by atoms with Crippen molar-refractivity contribution in [2.24, 2.45) is 0 Å². The number of aryl methyl sites for hydroxylation is 1. The molecule has 0 fully saturated rings. The van der Waals surface area contributed by atoms with Crippen molar-refractivity contribution in [2.75, 3.05) is 0 Å². The third-order valence-corrected chi connectivity index (χ3v) is 4.23. The van der Waals surface area contributed by atoms with Crippen LogP contribution in [0.4, 0.5) is 4.39 Å². The van der Waals surface area contributed by atoms with Crippen LogP contribution in [0.5, 0.6) is 0 Å². The number of benzene rings is 1. The number of halogens is 2. The van der Waals surface area contributed by atoms with Crippen molar-refractivity contribution in [2.45, 2.75) is 25.8 Å². The zero-order valence-electron chi connectivity index (χ0n) is 10.6. The van der Waals surface area contributed by atoms with Crippen molar-refractivity contribution in [1.82, 2.24) is 4.57 Å². The Morgan fingerprint density at radius 1 is 1.55 bits per heavy atom. The summed E-state index contributed by atoms with van der Waals surface area (Å²) in [6, 6.07) is 1.06. The maximum absolute atomic E-state index is 13.8. The molecule has 2 aromatic rings. The molecule has 1 N–H and O–H groups in total. The first kappa shape index (κ1) is 13.1. The lowest BCUT2D eigenvalue weighted by atomic mass is 9.96. The maximum Gasteiger partial charge on any atom is 0.341 e. The van der Waals surface area contributed by atoms with E-state index in [1.54, 1.807) is 4.57 Å². The van der Waals surface area contributed by atoms with Gasteiger partial charge in [-0.3, -0.25) is 4.79 Å². The van der Waals surface area contributed by atoms with E-state index in [0.29, 0.717) is 23.9 Å². The number of carboxylic acid groups (broad SMARTS) is 1. The Hall–Kier alpha value is -1.88. The molecule has 104 valence electrons. The summed E-state index contributed by atoms with van der Waals surface area (Å²) in [7, 11) is 0. The predicted molar refractivity (Wildman–Crippen MR) is 73.2 cm³/mol. The summed E-state index contributed by atoms with van der Waals surface area (Å²) in [5.41, 5.74) is 0.104. The molecule has 4 nitrogen and oxygen atoms in total. The van der Waals surface area contributed by atoms with Crippen LogP contribution in [0.15, 0.2) is 17.1 Å². The lowest BCUT2D eigenvalue weighted by Crippen LogP contribution is -2.24. The highest BCUT2D eigenvalue weighted by Gasteiger charge is 2.25. The fraction of sp³-hybridized carbons (Fsp3) is 0.286. The first-order chi connectivity index (χ1) is 9.41. The minimum absolute atomic E-state index is 0.0145. The van der Waals surface area contributed by atoms with Crippen molar-refractivity contribution in [1.29, 1.82) is 0 Å². The average Bonchev–Trinajstić information content (AvgIpc) is 2.39. The Balaban J connectivity index is 2.57. The minimum Gasteiger partial charge on any atom is -0.477 e. The Bertz CT molecular complexity index is 812. The van der Waals surface area contributed by atoms with E-state index < -0.39 is 17.2 Å². The molecule has 1 aromatic carbocycles. The third-order valence-electron chi connectivity index (χ3n) is 3.82. The second-order valence-electron chi connectivity index (χ2n) is 5.02. The van der Waals surface area contributed by atoms with Crippen molar-refractivity contribution in [3.63, 3.8) is 0 Å². The van der Waals surface area contributed by atoms with Gasteiger partial charge in [-0.05, 0) is 31.4 Å². The van der Waals surface area contributed by atoms with Gasteiger partial charge in [-0.1, -0.05) is 11.6 Å². The number of rotatable bonds is 1. The molecular weight excluding hydrogens is 285 g/mol. The molecular formula is C14H11ClFNO3. The maximum atomic E-state index is 13.8. The van der Waals surface area contributed by atoms with Crippen LogP contribution in [0.25, 0.3) is 10.9 Å². The monoisotopic (exact) mass is 295 g/mol. The minimum atomic E-state index is -1.31. The van der Waals surface area contributed by atoms with Gasteiger partial charge in [-0.25, -0.2) is 9.18 Å². The second kappa shape index (κ2) is 4.31. The third kappa shape index (κ3) is 1.66. The first-order valence-corrected chi connectivity index (χ1v) is 6.58. The van der Waals surface area contributed by atoms with E-state index in [-0.39, 0.29) is 22.0 Å². The largest absolute Gasteiger partial charge is 0.477 e. The lowest BCUT2D eigenvalue weighted by molar-refractivity contribution is 0.0694. The molecule has 1 aromatic heterocycles. The van der Waals surface area contributed by atoms with Gasteiger partial charge in [0.25, 0.3) is 0 Å². The smallest absolute Gasteiger partial charge is 0.341 e. The first-order valence-electron chi connectivity index (χ1n) is 6.21. The highest BCUT2D eigenvalue weighted by atomic mass is 35.5. The van der Waals surface area contributed by atoms with Crippen LogP contribution in [-0.2, 0) is 6.42 Å². The molecule has 0 aliphatic carbocycles. The number of pyridine rings is 1. The van der Waals surface area contributed by atoms with Gasteiger partial charge in [0.2, 0.25) is 5.43 Å². The number of hydrogen-bond donors (Lipinski definition) is 1. The van der Waals surface area contributed by atoms with Gasteiger partial charge in [0.1, 0.15) is 11.4 Å². The van der Waals surface area contributed by atoms with E-state index >= 15 is 0 Å². The van der Waals surface area contributed by atoms with Crippen LogP contribution in [0.1, 0.15) is 35.3 Å². The summed E-state index contributed by atoms with van der Waals surface area (Å²) in [5, 5.41) is 9.20. The standard InChI is InChI=1S/C14H11ClFNO3/c1-6-2-3-7-11(15)10(16)4-8-12(7)17(6)5-9(13(8)18)14(19)20/h4-6H,2-3H2,1H3,(H,19,20). The van der Waals surface area contributed by atoms with Crippen LogP contribution in [-0.4, -0.2) is 15.6 Å². The quantitative estimate of drug-likeness (QED) is 0.880. The Labute approximate surface area is 118 Å². The summed E-state index contributed by atoms with van der Waals surface area (Å²) in [6.45, 7) is 1.93. The van der Waals surface area contributed by atoms with Gasteiger partial charge in [-0.2, -0.15) is 0 Å². The molecule has 0 bridgehead atoms. The molecule has 6 heteroatoms. The second-order valence-corrected chi connectivity index (χ2v) is 5.40. The van der Waals surface area contributed by atoms with E-state index in [2.05, 4.69) is 0 Å². The van der Waals surface area contributed by atoms with Crippen LogP contribution < -0.4 is 5.43 Å². The Morgan fingerprint density at radius 3 is 2.90 bits per heavy atom. The molecule has 0 saturated heterocycles. The fourth-order valence-electron chi connectivity index (χ4n) is 2.76. The van der Waals surface area contributed by atoms with Crippen molar-refractivity contribution >= 4 is 28.5 Å². The average molecular weight is 296 g/mol. The summed E-state index contributed by atoms with van der Waals surface area (Å²) in [6.07, 6.45) is 2.61. The van der Waals surface area contributed by atoms with Crippen LogP contribution >= 0.6 is 11.6 Å². The zero-order valence-corrected chi connectivity index (χ0v) is 11.4. The number of carbonyl (C=O) groups is 1. The fourth-order valence-corrected chi connectivity index (χ4v) is 3.00. The van der Waals surface area contributed by atoms with Crippen molar-refractivity contribution < 1.29 is 14.3 Å². The summed E-state index contributed by atoms with van der Waals surface area (Å²) in [4.78, 5) is 23.3. The molecule has 1 atom stereocenters. The number of aromatic carboxylic acids is 1. The highest BCUT2D eigenvalue weighted by molar-refractivity contribution is 6.32. The molecule has 0 radical (unpaired) electrons. The molecule has 2 heterocycles. The molecule has 1 unspecified atom stereocenters. The predicted octanol–water partition coefficient (Wildman–Crippen LogP) is 3.00. The van der Waals surface area contributed by atoms with E-state index in [4.69, 9.17) is 16.7 Å². The molecule has 0 amide bonds. The van der Waals surface area contributed by atoms with Crippen LogP contribution in [0.3, 0.4) is 0 Å². The number of aromatic nitrogens is 1. The van der Waals surface area contributed by atoms with Gasteiger partial charge < -0.3 is 9.67 Å². The Morgan fingerprint density at radius 2 is 2.25 bits per heavy atom. The van der Waals surface area contributed by atoms with E-state index in [1.807, 2.05) is 6.92 Å². The molecule has 0 saturated carbocycles. The number of carboxylic acids is 1. The summed E-state index contributed by atoms with van der Waals surface area (Å²) in [5.74, 6) is -2.00. The van der Waals surface area contributed by atoms with Crippen LogP contribution in [0, 0.1) is 5.82 Å². The Kier molecular flexibility index (Phi) is 2.83. The number of nitrogens with zero attached hydrogens (tertiary/aromatic N) is 1. The van der Waals surface area contributed by atoms with Gasteiger partial charge in [0.05, 0.1) is 10.5 Å². The molecule has 0 spiro atoms. The van der Waals surface area contributed by atoms with E-state index in [9.17, 15) is 14.0 Å². The zero-order chi connectivity index (χ0) is 14.6.